The van der Waals surface area contributed by atoms with E-state index in [0.29, 0.717) is 5.92 Å². The Balaban J connectivity index is 0.000000298. The lowest BCUT2D eigenvalue weighted by atomic mass is 10.0. The van der Waals surface area contributed by atoms with Crippen LogP contribution in [0.15, 0.2) is 30.3 Å². The molecule has 1 heterocycles. The molecule has 0 spiro atoms. The van der Waals surface area contributed by atoms with Crippen LogP contribution in [-0.2, 0) is 9.59 Å². The van der Waals surface area contributed by atoms with E-state index in [1.165, 1.54) is 18.4 Å². The zero-order valence-corrected chi connectivity index (χ0v) is 14.3. The van der Waals surface area contributed by atoms with Crippen LogP contribution in [0.1, 0.15) is 43.7 Å². The molecule has 1 aliphatic heterocycles. The van der Waals surface area contributed by atoms with Crippen LogP contribution in [0.3, 0.4) is 0 Å². The number of carbonyl (C=O) groups excluding carboxylic acids is 1. The number of likely N-dealkylation sites (tertiary alicyclic amines) is 1. The number of amides is 1. The zero-order chi connectivity index (χ0) is 19.3. The highest BCUT2D eigenvalue weighted by atomic mass is 19.4. The molecule has 0 aromatic heterocycles. The summed E-state index contributed by atoms with van der Waals surface area (Å²) in [4.78, 5) is 23.4. The van der Waals surface area contributed by atoms with Gasteiger partial charge in [-0.1, -0.05) is 30.3 Å². The maximum absolute atomic E-state index is 12.5. The Morgan fingerprint density at radius 2 is 1.73 bits per heavy atom. The number of alkyl halides is 3. The van der Waals surface area contributed by atoms with Gasteiger partial charge in [0, 0.05) is 6.54 Å². The van der Waals surface area contributed by atoms with Gasteiger partial charge in [-0.3, -0.25) is 4.79 Å². The lowest BCUT2D eigenvalue weighted by Crippen LogP contribution is -2.44. The van der Waals surface area contributed by atoms with E-state index in [-0.39, 0.29) is 18.0 Å². The number of carboxylic acid groups (broad SMARTS) is 1. The molecule has 1 aliphatic carbocycles. The first-order valence-corrected chi connectivity index (χ1v) is 8.61. The second kappa shape index (κ2) is 8.53. The summed E-state index contributed by atoms with van der Waals surface area (Å²) in [5, 5.41) is 7.12. The van der Waals surface area contributed by atoms with Crippen LogP contribution in [-0.4, -0.2) is 40.6 Å². The van der Waals surface area contributed by atoms with Gasteiger partial charge in [0.05, 0.1) is 12.1 Å². The van der Waals surface area contributed by atoms with Crippen LogP contribution in [0, 0.1) is 5.92 Å². The van der Waals surface area contributed by atoms with Gasteiger partial charge in [0.25, 0.3) is 0 Å². The van der Waals surface area contributed by atoms with E-state index < -0.39 is 12.1 Å². The average Bonchev–Trinajstić information content (AvgIpc) is 3.41. The Morgan fingerprint density at radius 3 is 2.23 bits per heavy atom. The minimum atomic E-state index is -5.08. The summed E-state index contributed by atoms with van der Waals surface area (Å²) in [5.41, 5.74) is 7.27. The fourth-order valence-electron chi connectivity index (χ4n) is 2.99. The van der Waals surface area contributed by atoms with Crippen LogP contribution >= 0.6 is 0 Å². The Bertz CT molecular complexity index is 618. The largest absolute Gasteiger partial charge is 0.490 e. The van der Waals surface area contributed by atoms with Gasteiger partial charge >= 0.3 is 12.1 Å². The number of aliphatic carboxylic acids is 1. The minimum absolute atomic E-state index is 0.151. The normalized spacial score (nSPS) is 23.7. The maximum atomic E-state index is 12.5. The summed E-state index contributed by atoms with van der Waals surface area (Å²) in [5.74, 6) is -1.90. The standard InChI is InChI=1S/C16H22N2O.C2HF3O2/c17-14-7-4-8-15(13-5-2-1-3-6-13)18(16(14)19)11-12-9-10-12;3-2(4,5)1(6)7/h1-3,5-6,12,14-15H,4,7-11,17H2;(H,6,7)/t14-,15-;/m0./s1. The monoisotopic (exact) mass is 372 g/mol. The number of carbonyl (C=O) groups is 2. The van der Waals surface area contributed by atoms with Crippen molar-refractivity contribution in [1.82, 2.24) is 4.90 Å². The number of nitrogens with two attached hydrogens (primary N) is 1. The lowest BCUT2D eigenvalue weighted by molar-refractivity contribution is -0.192. The third-order valence-electron chi connectivity index (χ3n) is 4.55. The quantitative estimate of drug-likeness (QED) is 0.854. The van der Waals surface area contributed by atoms with Gasteiger partial charge in [-0.2, -0.15) is 13.2 Å². The lowest BCUT2D eigenvalue weighted by Gasteiger charge is -2.31. The second-order valence-electron chi connectivity index (χ2n) is 6.70. The summed E-state index contributed by atoms with van der Waals surface area (Å²) in [6.07, 6.45) is 0.341. The molecular formula is C18H23F3N2O3. The fourth-order valence-corrected chi connectivity index (χ4v) is 2.99. The van der Waals surface area contributed by atoms with Crippen LogP contribution in [0.2, 0.25) is 0 Å². The molecule has 144 valence electrons. The number of hydrogen-bond acceptors (Lipinski definition) is 3. The molecule has 1 aromatic carbocycles. The molecule has 2 fully saturated rings. The fraction of sp³-hybridized carbons (Fsp3) is 0.556. The van der Waals surface area contributed by atoms with Crippen molar-refractivity contribution in [2.75, 3.05) is 6.54 Å². The topological polar surface area (TPSA) is 83.6 Å². The third-order valence-corrected chi connectivity index (χ3v) is 4.55. The average molecular weight is 372 g/mol. The van der Waals surface area contributed by atoms with Gasteiger partial charge in [0.1, 0.15) is 0 Å². The highest BCUT2D eigenvalue weighted by Gasteiger charge is 2.38. The van der Waals surface area contributed by atoms with Gasteiger partial charge < -0.3 is 15.7 Å². The van der Waals surface area contributed by atoms with E-state index in [2.05, 4.69) is 29.2 Å². The number of nitrogens with zero attached hydrogens (tertiary/aromatic N) is 1. The van der Waals surface area contributed by atoms with Crippen molar-refractivity contribution in [3.63, 3.8) is 0 Å². The smallest absolute Gasteiger partial charge is 0.475 e. The molecule has 1 saturated carbocycles. The molecule has 1 amide bonds. The zero-order valence-electron chi connectivity index (χ0n) is 14.3. The van der Waals surface area contributed by atoms with Crippen molar-refractivity contribution in [2.45, 2.75) is 50.4 Å². The predicted molar refractivity (Wildman–Crippen MR) is 89.1 cm³/mol. The van der Waals surface area contributed by atoms with E-state index in [9.17, 15) is 18.0 Å². The summed E-state index contributed by atoms with van der Waals surface area (Å²) in [6, 6.07) is 10.3. The van der Waals surface area contributed by atoms with Crippen molar-refractivity contribution in [1.29, 1.82) is 0 Å². The second-order valence-corrected chi connectivity index (χ2v) is 6.70. The van der Waals surface area contributed by atoms with E-state index in [0.717, 1.165) is 25.8 Å². The molecule has 2 aliphatic rings. The van der Waals surface area contributed by atoms with Crippen LogP contribution in [0.5, 0.6) is 0 Å². The Labute approximate surface area is 150 Å². The highest BCUT2D eigenvalue weighted by Crippen LogP contribution is 2.36. The Kier molecular flexibility index (Phi) is 6.63. The maximum Gasteiger partial charge on any atom is 0.490 e. The molecule has 5 nitrogen and oxygen atoms in total. The minimum Gasteiger partial charge on any atom is -0.475 e. The van der Waals surface area contributed by atoms with Gasteiger partial charge in [0.2, 0.25) is 5.91 Å². The van der Waals surface area contributed by atoms with E-state index in [1.807, 2.05) is 6.07 Å². The first-order valence-electron chi connectivity index (χ1n) is 8.61. The molecule has 0 unspecified atom stereocenters. The van der Waals surface area contributed by atoms with Gasteiger partial charge in [0.15, 0.2) is 0 Å². The van der Waals surface area contributed by atoms with Crippen LogP contribution in [0.25, 0.3) is 0 Å². The molecule has 3 rings (SSSR count). The third kappa shape index (κ3) is 5.72. The summed E-state index contributed by atoms with van der Waals surface area (Å²) in [7, 11) is 0. The van der Waals surface area contributed by atoms with Crippen molar-refractivity contribution in [3.05, 3.63) is 35.9 Å². The van der Waals surface area contributed by atoms with Crippen molar-refractivity contribution < 1.29 is 27.9 Å². The van der Waals surface area contributed by atoms with Crippen molar-refractivity contribution in [3.8, 4) is 0 Å². The highest BCUT2D eigenvalue weighted by molar-refractivity contribution is 5.82. The summed E-state index contributed by atoms with van der Waals surface area (Å²) in [6.45, 7) is 0.895. The number of rotatable bonds is 3. The van der Waals surface area contributed by atoms with E-state index in [1.54, 1.807) is 0 Å². The number of halogens is 3. The number of carboxylic acids is 1. The van der Waals surface area contributed by atoms with Crippen molar-refractivity contribution in [2.24, 2.45) is 11.7 Å². The van der Waals surface area contributed by atoms with Gasteiger partial charge in [-0.05, 0) is 43.6 Å². The van der Waals surface area contributed by atoms with Crippen LogP contribution < -0.4 is 5.73 Å². The Morgan fingerprint density at radius 1 is 1.15 bits per heavy atom. The molecule has 0 bridgehead atoms. The molecule has 26 heavy (non-hydrogen) atoms. The van der Waals surface area contributed by atoms with Gasteiger partial charge in [-0.25, -0.2) is 4.79 Å². The van der Waals surface area contributed by atoms with Crippen molar-refractivity contribution >= 4 is 11.9 Å². The van der Waals surface area contributed by atoms with E-state index >= 15 is 0 Å². The Hall–Kier alpha value is -2.09. The molecule has 1 aromatic rings. The van der Waals surface area contributed by atoms with E-state index in [4.69, 9.17) is 15.6 Å². The number of benzene rings is 1. The molecule has 3 N–H and O–H groups in total. The summed E-state index contributed by atoms with van der Waals surface area (Å²) >= 11 is 0. The number of hydrogen-bond donors (Lipinski definition) is 2. The molecule has 8 heteroatoms. The molecular weight excluding hydrogens is 349 g/mol. The molecule has 2 atom stereocenters. The SMILES string of the molecule is N[C@H]1CCC[C@@H](c2ccccc2)N(CC2CC2)C1=O.O=C(O)C(F)(F)F. The van der Waals surface area contributed by atoms with Gasteiger partial charge in [-0.15, -0.1) is 0 Å². The molecule has 0 radical (unpaired) electrons. The van der Waals surface area contributed by atoms with Crippen LogP contribution in [0.4, 0.5) is 13.2 Å². The summed E-state index contributed by atoms with van der Waals surface area (Å²) < 4.78 is 31.7. The molecule has 1 saturated heterocycles. The predicted octanol–water partition coefficient (Wildman–Crippen LogP) is 3.11. The first-order chi connectivity index (χ1) is 12.2. The first kappa shape index (κ1) is 20.2.